The van der Waals surface area contributed by atoms with Crippen LogP contribution in [0.5, 0.6) is 0 Å². The zero-order valence-corrected chi connectivity index (χ0v) is 9.05. The molecule has 1 atom stereocenters. The van der Waals surface area contributed by atoms with Crippen molar-refractivity contribution in [1.82, 2.24) is 5.32 Å². The molecule has 2 nitrogen and oxygen atoms in total. The molecule has 1 unspecified atom stereocenters. The molecule has 14 heavy (non-hydrogen) atoms. The fraction of sp³-hybridized carbons (Fsp3) is 0.667. The molecule has 0 amide bonds. The van der Waals surface area contributed by atoms with Gasteiger partial charge in [-0.15, -0.1) is 0 Å². The Morgan fingerprint density at radius 1 is 1.57 bits per heavy atom. The van der Waals surface area contributed by atoms with Crippen LogP contribution in [0.4, 0.5) is 0 Å². The first-order valence-corrected chi connectivity index (χ1v) is 5.60. The van der Waals surface area contributed by atoms with Gasteiger partial charge in [-0.3, -0.25) is 0 Å². The summed E-state index contributed by atoms with van der Waals surface area (Å²) in [5.74, 6) is 1.92. The molecule has 1 aromatic heterocycles. The molecule has 0 spiro atoms. The van der Waals surface area contributed by atoms with Gasteiger partial charge in [0.25, 0.3) is 0 Å². The molecule has 1 heterocycles. The second kappa shape index (κ2) is 4.18. The largest absolute Gasteiger partial charge is 0.469 e. The normalized spacial score (nSPS) is 18.4. The van der Waals surface area contributed by atoms with Crippen molar-refractivity contribution in [3.63, 3.8) is 0 Å². The average Bonchev–Trinajstić information content (AvgIpc) is 2.92. The molecule has 1 aromatic rings. The van der Waals surface area contributed by atoms with Gasteiger partial charge in [0, 0.05) is 11.6 Å². The molecule has 0 radical (unpaired) electrons. The van der Waals surface area contributed by atoms with Crippen molar-refractivity contribution in [3.8, 4) is 0 Å². The molecule has 0 aliphatic heterocycles. The lowest BCUT2D eigenvalue weighted by Crippen LogP contribution is -2.23. The Morgan fingerprint density at radius 3 is 2.86 bits per heavy atom. The predicted octanol–water partition coefficient (Wildman–Crippen LogP) is 3.04. The fourth-order valence-corrected chi connectivity index (χ4v) is 1.98. The van der Waals surface area contributed by atoms with Crippen LogP contribution < -0.4 is 5.32 Å². The lowest BCUT2D eigenvalue weighted by atomic mass is 10.0. The number of rotatable bonds is 5. The van der Waals surface area contributed by atoms with Crippen molar-refractivity contribution in [1.29, 1.82) is 0 Å². The van der Waals surface area contributed by atoms with Crippen LogP contribution in [0.2, 0.25) is 0 Å². The van der Waals surface area contributed by atoms with Crippen molar-refractivity contribution in [2.45, 2.75) is 39.2 Å². The minimum absolute atomic E-state index is 0.536. The second-order valence-electron chi connectivity index (χ2n) is 4.20. The molecule has 1 aliphatic carbocycles. The Labute approximate surface area is 85.7 Å². The van der Waals surface area contributed by atoms with Crippen LogP contribution in [-0.4, -0.2) is 6.54 Å². The van der Waals surface area contributed by atoms with Gasteiger partial charge in [-0.05, 0) is 44.7 Å². The molecule has 1 fully saturated rings. The van der Waals surface area contributed by atoms with E-state index in [0.717, 1.165) is 18.2 Å². The van der Waals surface area contributed by atoms with Gasteiger partial charge in [0.2, 0.25) is 0 Å². The maximum absolute atomic E-state index is 5.36. The van der Waals surface area contributed by atoms with E-state index in [1.807, 2.05) is 0 Å². The molecule has 0 saturated heterocycles. The smallest absolute Gasteiger partial charge is 0.105 e. The third-order valence-electron chi connectivity index (χ3n) is 2.94. The van der Waals surface area contributed by atoms with Crippen LogP contribution >= 0.6 is 0 Å². The molecule has 1 aliphatic rings. The minimum atomic E-state index is 0.536. The van der Waals surface area contributed by atoms with E-state index in [2.05, 4.69) is 25.2 Å². The molecular weight excluding hydrogens is 174 g/mol. The Balaban J connectivity index is 2.06. The van der Waals surface area contributed by atoms with Crippen molar-refractivity contribution in [2.24, 2.45) is 5.92 Å². The van der Waals surface area contributed by atoms with E-state index >= 15 is 0 Å². The average molecular weight is 193 g/mol. The van der Waals surface area contributed by atoms with Gasteiger partial charge in [0.1, 0.15) is 5.76 Å². The highest BCUT2D eigenvalue weighted by molar-refractivity contribution is 5.22. The van der Waals surface area contributed by atoms with Crippen LogP contribution in [-0.2, 0) is 0 Å². The van der Waals surface area contributed by atoms with Crippen molar-refractivity contribution >= 4 is 0 Å². The van der Waals surface area contributed by atoms with Crippen LogP contribution in [0, 0.1) is 12.8 Å². The summed E-state index contributed by atoms with van der Waals surface area (Å²) >= 11 is 0. The summed E-state index contributed by atoms with van der Waals surface area (Å²) in [6.45, 7) is 5.36. The van der Waals surface area contributed by atoms with Crippen molar-refractivity contribution in [3.05, 3.63) is 23.7 Å². The van der Waals surface area contributed by atoms with E-state index in [4.69, 9.17) is 4.42 Å². The number of hydrogen-bond donors (Lipinski definition) is 1. The number of nitrogens with one attached hydrogen (secondary N) is 1. The van der Waals surface area contributed by atoms with Gasteiger partial charge >= 0.3 is 0 Å². The molecule has 2 rings (SSSR count). The Morgan fingerprint density at radius 2 is 2.36 bits per heavy atom. The molecule has 0 bridgehead atoms. The van der Waals surface area contributed by atoms with E-state index in [1.165, 1.54) is 24.8 Å². The molecule has 1 saturated carbocycles. The lowest BCUT2D eigenvalue weighted by molar-refractivity contribution is 0.462. The van der Waals surface area contributed by atoms with Gasteiger partial charge in [0.15, 0.2) is 0 Å². The van der Waals surface area contributed by atoms with E-state index in [-0.39, 0.29) is 0 Å². The predicted molar refractivity (Wildman–Crippen MR) is 57.2 cm³/mol. The summed E-state index contributed by atoms with van der Waals surface area (Å²) in [6, 6.07) is 2.65. The van der Waals surface area contributed by atoms with Crippen LogP contribution in [0.1, 0.15) is 43.6 Å². The molecular formula is C12H19NO. The first kappa shape index (κ1) is 9.78. The number of furan rings is 1. The third-order valence-corrected chi connectivity index (χ3v) is 2.94. The zero-order valence-electron chi connectivity index (χ0n) is 9.05. The van der Waals surface area contributed by atoms with E-state index < -0.39 is 0 Å². The highest BCUT2D eigenvalue weighted by Gasteiger charge is 2.33. The standard InChI is InChI=1S/C12H19NO/c1-3-7-13-12(10-4-5-10)11-6-8-14-9(11)2/h6,8,10,12-13H,3-5,7H2,1-2H3. The van der Waals surface area contributed by atoms with Gasteiger partial charge in [-0.1, -0.05) is 6.92 Å². The fourth-order valence-electron chi connectivity index (χ4n) is 1.98. The highest BCUT2D eigenvalue weighted by atomic mass is 16.3. The minimum Gasteiger partial charge on any atom is -0.469 e. The second-order valence-corrected chi connectivity index (χ2v) is 4.20. The highest BCUT2D eigenvalue weighted by Crippen LogP contribution is 2.42. The first-order chi connectivity index (χ1) is 6.83. The first-order valence-electron chi connectivity index (χ1n) is 5.60. The van der Waals surface area contributed by atoms with Gasteiger partial charge in [0.05, 0.1) is 6.26 Å². The Bertz CT molecular complexity index is 288. The topological polar surface area (TPSA) is 25.2 Å². The van der Waals surface area contributed by atoms with Crippen LogP contribution in [0.25, 0.3) is 0 Å². The number of aryl methyl sites for hydroxylation is 1. The maximum atomic E-state index is 5.36. The van der Waals surface area contributed by atoms with E-state index in [1.54, 1.807) is 6.26 Å². The molecule has 0 aromatic carbocycles. The van der Waals surface area contributed by atoms with Gasteiger partial charge in [-0.2, -0.15) is 0 Å². The summed E-state index contributed by atoms with van der Waals surface area (Å²) in [7, 11) is 0. The van der Waals surface area contributed by atoms with Crippen molar-refractivity contribution in [2.75, 3.05) is 6.54 Å². The van der Waals surface area contributed by atoms with Gasteiger partial charge < -0.3 is 9.73 Å². The third kappa shape index (κ3) is 2.01. The van der Waals surface area contributed by atoms with Crippen LogP contribution in [0.3, 0.4) is 0 Å². The monoisotopic (exact) mass is 193 g/mol. The van der Waals surface area contributed by atoms with E-state index in [0.29, 0.717) is 6.04 Å². The summed E-state index contributed by atoms with van der Waals surface area (Å²) in [6.07, 6.45) is 5.73. The summed E-state index contributed by atoms with van der Waals surface area (Å²) < 4.78 is 5.36. The molecule has 1 N–H and O–H groups in total. The lowest BCUT2D eigenvalue weighted by Gasteiger charge is -2.17. The quantitative estimate of drug-likeness (QED) is 0.777. The van der Waals surface area contributed by atoms with Gasteiger partial charge in [-0.25, -0.2) is 0 Å². The maximum Gasteiger partial charge on any atom is 0.105 e. The van der Waals surface area contributed by atoms with Crippen LogP contribution in [0.15, 0.2) is 16.7 Å². The Kier molecular flexibility index (Phi) is 2.92. The zero-order chi connectivity index (χ0) is 9.97. The van der Waals surface area contributed by atoms with E-state index in [9.17, 15) is 0 Å². The molecule has 78 valence electrons. The van der Waals surface area contributed by atoms with Crippen molar-refractivity contribution < 1.29 is 4.42 Å². The summed E-state index contributed by atoms with van der Waals surface area (Å²) in [5.41, 5.74) is 1.36. The summed E-state index contributed by atoms with van der Waals surface area (Å²) in [4.78, 5) is 0. The SMILES string of the molecule is CCCNC(c1ccoc1C)C1CC1. The number of hydrogen-bond acceptors (Lipinski definition) is 2. The Hall–Kier alpha value is -0.760. The molecule has 2 heteroatoms. The summed E-state index contributed by atoms with van der Waals surface area (Å²) in [5, 5.41) is 3.61.